The van der Waals surface area contributed by atoms with Crippen LogP contribution in [0.25, 0.3) is 0 Å². The summed E-state index contributed by atoms with van der Waals surface area (Å²) in [6, 6.07) is 0. The normalized spacial score (nSPS) is 33.5. The Labute approximate surface area is 187 Å². The van der Waals surface area contributed by atoms with Crippen molar-refractivity contribution in [2.24, 2.45) is 28.6 Å². The molecule has 6 unspecified atom stereocenters. The standard InChI is InChI=1S/C25H40O6/c1-16(11-13-30-18(3)26)10-12-24(5)17(2)8-9-21-22(24)14-20(31-19(4)27)15-25(21,6)23(28)29-7/h14,16-17,20-21H,8-13,15H2,1-7H3. The third-order valence-electron chi connectivity index (χ3n) is 7.81. The van der Waals surface area contributed by atoms with Crippen LogP contribution in [0, 0.1) is 28.6 Å². The van der Waals surface area contributed by atoms with Gasteiger partial charge >= 0.3 is 17.9 Å². The summed E-state index contributed by atoms with van der Waals surface area (Å²) in [6.07, 6.45) is 6.95. The molecule has 0 aromatic carbocycles. The van der Waals surface area contributed by atoms with Crippen molar-refractivity contribution in [3.63, 3.8) is 0 Å². The van der Waals surface area contributed by atoms with Crippen LogP contribution in [0.3, 0.4) is 0 Å². The number of fused-ring (bicyclic) bond motifs is 1. The summed E-state index contributed by atoms with van der Waals surface area (Å²) in [5.74, 6) is 0.153. The van der Waals surface area contributed by atoms with E-state index in [-0.39, 0.29) is 29.2 Å². The molecular weight excluding hydrogens is 396 g/mol. The first-order valence-electron chi connectivity index (χ1n) is 11.5. The van der Waals surface area contributed by atoms with E-state index < -0.39 is 11.5 Å². The van der Waals surface area contributed by atoms with Gasteiger partial charge in [0.2, 0.25) is 0 Å². The van der Waals surface area contributed by atoms with E-state index in [1.165, 1.54) is 26.5 Å². The number of carbonyl (C=O) groups excluding carboxylic acids is 3. The number of ether oxygens (including phenoxy) is 3. The van der Waals surface area contributed by atoms with Crippen molar-refractivity contribution in [1.82, 2.24) is 0 Å². The van der Waals surface area contributed by atoms with Crippen molar-refractivity contribution in [3.05, 3.63) is 11.6 Å². The molecule has 6 heteroatoms. The lowest BCUT2D eigenvalue weighted by atomic mass is 9.51. The second-order valence-electron chi connectivity index (χ2n) is 10.1. The molecule has 176 valence electrons. The minimum atomic E-state index is -0.707. The van der Waals surface area contributed by atoms with E-state index in [1.54, 1.807) is 0 Å². The van der Waals surface area contributed by atoms with Crippen LogP contribution in [0.2, 0.25) is 0 Å². The minimum absolute atomic E-state index is 0.0873. The number of hydrogen-bond acceptors (Lipinski definition) is 6. The topological polar surface area (TPSA) is 78.9 Å². The van der Waals surface area contributed by atoms with E-state index >= 15 is 0 Å². The molecule has 31 heavy (non-hydrogen) atoms. The number of allylic oxidation sites excluding steroid dienone is 1. The van der Waals surface area contributed by atoms with E-state index in [0.717, 1.165) is 32.1 Å². The molecule has 2 rings (SSSR count). The van der Waals surface area contributed by atoms with Gasteiger partial charge in [0.05, 0.1) is 19.1 Å². The molecule has 0 bridgehead atoms. The van der Waals surface area contributed by atoms with Crippen molar-refractivity contribution >= 4 is 17.9 Å². The molecule has 6 nitrogen and oxygen atoms in total. The Morgan fingerprint density at radius 1 is 1.13 bits per heavy atom. The number of carbonyl (C=O) groups is 3. The van der Waals surface area contributed by atoms with Crippen LogP contribution in [-0.4, -0.2) is 37.7 Å². The lowest BCUT2D eigenvalue weighted by molar-refractivity contribution is -0.163. The van der Waals surface area contributed by atoms with E-state index in [4.69, 9.17) is 14.2 Å². The van der Waals surface area contributed by atoms with E-state index in [2.05, 4.69) is 26.8 Å². The molecule has 0 aromatic heterocycles. The van der Waals surface area contributed by atoms with Gasteiger partial charge in [0.25, 0.3) is 0 Å². The maximum Gasteiger partial charge on any atom is 0.312 e. The Bertz CT molecular complexity index is 713. The van der Waals surface area contributed by atoms with E-state index in [1.807, 2.05) is 6.92 Å². The van der Waals surface area contributed by atoms with Crippen molar-refractivity contribution in [1.29, 1.82) is 0 Å². The van der Waals surface area contributed by atoms with Crippen molar-refractivity contribution in [2.45, 2.75) is 86.2 Å². The summed E-state index contributed by atoms with van der Waals surface area (Å²) in [6.45, 7) is 12.0. The molecular formula is C25H40O6. The summed E-state index contributed by atoms with van der Waals surface area (Å²) in [5.41, 5.74) is 0.442. The van der Waals surface area contributed by atoms with Crippen molar-refractivity contribution in [2.75, 3.05) is 13.7 Å². The Kier molecular flexibility index (Phi) is 8.34. The molecule has 1 saturated carbocycles. The zero-order valence-electron chi connectivity index (χ0n) is 20.3. The predicted octanol–water partition coefficient (Wildman–Crippen LogP) is 4.85. The van der Waals surface area contributed by atoms with Gasteiger partial charge in [-0.25, -0.2) is 0 Å². The molecule has 0 amide bonds. The Hall–Kier alpha value is -1.85. The Morgan fingerprint density at radius 3 is 2.39 bits per heavy atom. The molecule has 0 aliphatic heterocycles. The first kappa shape index (κ1) is 25.4. The van der Waals surface area contributed by atoms with Crippen molar-refractivity contribution in [3.8, 4) is 0 Å². The molecule has 0 heterocycles. The summed E-state index contributed by atoms with van der Waals surface area (Å²) in [5, 5.41) is 0. The predicted molar refractivity (Wildman–Crippen MR) is 118 cm³/mol. The van der Waals surface area contributed by atoms with Crippen LogP contribution in [0.15, 0.2) is 11.6 Å². The van der Waals surface area contributed by atoms with Gasteiger partial charge in [0.1, 0.15) is 6.10 Å². The summed E-state index contributed by atoms with van der Waals surface area (Å²) < 4.78 is 15.9. The quantitative estimate of drug-likeness (QED) is 0.307. The highest BCUT2D eigenvalue weighted by atomic mass is 16.5. The smallest absolute Gasteiger partial charge is 0.312 e. The fraction of sp³-hybridized carbons (Fsp3) is 0.800. The summed E-state index contributed by atoms with van der Waals surface area (Å²) in [4.78, 5) is 35.6. The largest absolute Gasteiger partial charge is 0.469 e. The Morgan fingerprint density at radius 2 is 1.81 bits per heavy atom. The second kappa shape index (κ2) is 10.2. The molecule has 0 radical (unpaired) electrons. The maximum atomic E-state index is 12.9. The minimum Gasteiger partial charge on any atom is -0.469 e. The van der Waals surface area contributed by atoms with Gasteiger partial charge in [-0.3, -0.25) is 14.4 Å². The highest BCUT2D eigenvalue weighted by Crippen LogP contribution is 2.59. The van der Waals surface area contributed by atoms with Gasteiger partial charge in [-0.1, -0.05) is 26.3 Å². The molecule has 0 saturated heterocycles. The van der Waals surface area contributed by atoms with Crippen LogP contribution in [-0.2, 0) is 28.6 Å². The van der Waals surface area contributed by atoms with Gasteiger partial charge in [-0.05, 0) is 68.3 Å². The van der Waals surface area contributed by atoms with Gasteiger partial charge < -0.3 is 14.2 Å². The fourth-order valence-corrected chi connectivity index (χ4v) is 5.59. The molecule has 0 N–H and O–H groups in total. The molecule has 2 aliphatic rings. The van der Waals surface area contributed by atoms with Crippen LogP contribution in [0.5, 0.6) is 0 Å². The first-order valence-corrected chi connectivity index (χ1v) is 11.5. The molecule has 0 spiro atoms. The fourth-order valence-electron chi connectivity index (χ4n) is 5.59. The van der Waals surface area contributed by atoms with E-state index in [0.29, 0.717) is 24.9 Å². The van der Waals surface area contributed by atoms with Crippen LogP contribution in [0.4, 0.5) is 0 Å². The Balaban J connectivity index is 2.29. The number of hydrogen-bond donors (Lipinski definition) is 0. The molecule has 2 aliphatic carbocycles. The highest BCUT2D eigenvalue weighted by Gasteiger charge is 2.55. The lowest BCUT2D eigenvalue weighted by Crippen LogP contribution is -2.50. The van der Waals surface area contributed by atoms with Crippen LogP contribution >= 0.6 is 0 Å². The van der Waals surface area contributed by atoms with E-state index in [9.17, 15) is 14.4 Å². The lowest BCUT2D eigenvalue weighted by Gasteiger charge is -2.54. The number of methoxy groups -OCH3 is 1. The molecule has 0 aromatic rings. The molecule has 1 fully saturated rings. The molecule has 6 atom stereocenters. The van der Waals surface area contributed by atoms with Crippen LogP contribution in [0.1, 0.15) is 80.1 Å². The second-order valence-corrected chi connectivity index (χ2v) is 10.1. The number of esters is 3. The van der Waals surface area contributed by atoms with Gasteiger partial charge in [0.15, 0.2) is 0 Å². The monoisotopic (exact) mass is 436 g/mol. The third-order valence-corrected chi connectivity index (χ3v) is 7.81. The van der Waals surface area contributed by atoms with Gasteiger partial charge in [0, 0.05) is 20.3 Å². The summed E-state index contributed by atoms with van der Waals surface area (Å²) in [7, 11) is 1.43. The van der Waals surface area contributed by atoms with Gasteiger partial charge in [-0.2, -0.15) is 0 Å². The SMILES string of the molecule is COC(=O)C1(C)CC(OC(C)=O)C=C2C1CCC(C)C2(C)CCC(C)CCOC(C)=O. The van der Waals surface area contributed by atoms with Gasteiger partial charge in [-0.15, -0.1) is 0 Å². The number of rotatable bonds is 8. The van der Waals surface area contributed by atoms with Crippen molar-refractivity contribution < 1.29 is 28.6 Å². The zero-order valence-corrected chi connectivity index (χ0v) is 20.3. The third kappa shape index (κ3) is 5.69. The average molecular weight is 437 g/mol. The average Bonchev–Trinajstić information content (AvgIpc) is 2.68. The summed E-state index contributed by atoms with van der Waals surface area (Å²) >= 11 is 0. The van der Waals surface area contributed by atoms with Crippen LogP contribution < -0.4 is 0 Å². The zero-order chi connectivity index (χ0) is 23.4. The highest BCUT2D eigenvalue weighted by molar-refractivity contribution is 5.78. The maximum absolute atomic E-state index is 12.9. The first-order chi connectivity index (χ1) is 14.4.